The molecule has 25 heavy (non-hydrogen) atoms. The van der Waals surface area contributed by atoms with Gasteiger partial charge >= 0.3 is 0 Å². The summed E-state index contributed by atoms with van der Waals surface area (Å²) in [7, 11) is -3.69. The van der Waals surface area contributed by atoms with Gasteiger partial charge in [-0.1, -0.05) is 17.4 Å². The number of sulfonamides is 1. The van der Waals surface area contributed by atoms with Gasteiger partial charge in [0.15, 0.2) is 5.76 Å². The van der Waals surface area contributed by atoms with Crippen molar-refractivity contribution in [2.45, 2.75) is 18.7 Å². The van der Waals surface area contributed by atoms with Gasteiger partial charge in [-0.2, -0.15) is 4.31 Å². The van der Waals surface area contributed by atoms with E-state index in [1.165, 1.54) is 4.31 Å². The van der Waals surface area contributed by atoms with Crippen molar-refractivity contribution >= 4 is 28.1 Å². The number of piperazine rings is 1. The highest BCUT2D eigenvalue weighted by atomic mass is 32.2. The number of nitrogens with zero attached hydrogens (tertiary/aromatic N) is 3. The molecule has 2 aromatic rings. The van der Waals surface area contributed by atoms with Gasteiger partial charge in [-0.05, 0) is 26.0 Å². The minimum Gasteiger partial charge on any atom is -0.360 e. The lowest BCUT2D eigenvalue weighted by Gasteiger charge is -2.33. The van der Waals surface area contributed by atoms with Crippen molar-refractivity contribution in [3.05, 3.63) is 40.0 Å². The molecular formula is C15H18N4O4S2. The van der Waals surface area contributed by atoms with Gasteiger partial charge in [0.25, 0.3) is 5.91 Å². The number of aromatic nitrogens is 2. The van der Waals surface area contributed by atoms with Crippen LogP contribution in [0.5, 0.6) is 0 Å². The summed E-state index contributed by atoms with van der Waals surface area (Å²) in [5, 5.41) is 3.71. The number of hydrogen-bond acceptors (Lipinski definition) is 6. The molecule has 1 aliphatic heterocycles. The number of aryl methyl sites for hydroxylation is 2. The Kier molecular flexibility index (Phi) is 4.76. The molecule has 1 fully saturated rings. The molecule has 1 N–H and O–H groups in total. The van der Waals surface area contributed by atoms with Crippen LogP contribution in [0, 0.1) is 18.5 Å². The molecule has 1 aliphatic rings. The highest BCUT2D eigenvalue weighted by molar-refractivity contribution is 7.89. The van der Waals surface area contributed by atoms with E-state index in [2.05, 4.69) is 10.1 Å². The molecule has 10 heteroatoms. The highest BCUT2D eigenvalue weighted by Gasteiger charge is 2.34. The number of H-pyrrole nitrogens is 1. The van der Waals surface area contributed by atoms with Crippen molar-refractivity contribution in [1.82, 2.24) is 19.3 Å². The Morgan fingerprint density at radius 2 is 1.96 bits per heavy atom. The first-order valence-corrected chi connectivity index (χ1v) is 9.57. The fraction of sp³-hybridized carbons (Fsp3) is 0.400. The van der Waals surface area contributed by atoms with Crippen LogP contribution in [0.25, 0.3) is 0 Å². The molecule has 1 amide bonds. The number of rotatable bonds is 3. The smallest absolute Gasteiger partial charge is 0.256 e. The second-order valence-electron chi connectivity index (χ2n) is 5.76. The quantitative estimate of drug-likeness (QED) is 0.808. The summed E-state index contributed by atoms with van der Waals surface area (Å²) >= 11 is 5.14. The van der Waals surface area contributed by atoms with Crippen LogP contribution in [0.1, 0.15) is 21.8 Å². The van der Waals surface area contributed by atoms with Gasteiger partial charge in [-0.3, -0.25) is 4.79 Å². The lowest BCUT2D eigenvalue weighted by Crippen LogP contribution is -2.50. The minimum absolute atomic E-state index is 0.109. The third-order valence-electron chi connectivity index (χ3n) is 4.14. The van der Waals surface area contributed by atoms with Crippen LogP contribution in [-0.4, -0.2) is 59.8 Å². The molecule has 0 radical (unpaired) electrons. The molecule has 134 valence electrons. The van der Waals surface area contributed by atoms with Crippen LogP contribution in [0.4, 0.5) is 0 Å². The summed E-state index contributed by atoms with van der Waals surface area (Å²) in [6, 6.07) is 3.37. The van der Waals surface area contributed by atoms with Gasteiger partial charge in [0.1, 0.15) is 15.2 Å². The highest BCUT2D eigenvalue weighted by Crippen LogP contribution is 2.24. The average Bonchev–Trinajstić information content (AvgIpc) is 2.94. The van der Waals surface area contributed by atoms with Crippen molar-refractivity contribution < 1.29 is 17.7 Å². The zero-order chi connectivity index (χ0) is 18.2. The normalized spacial score (nSPS) is 16.2. The standard InChI is InChI=1S/C15H18N4O4S2/c1-10-13(11(2)23-17-10)25(21,22)19-8-6-18(7-9-19)15(20)12-4-3-5-16-14(12)24/h3-5H,6-9H2,1-2H3,(H,16,24). The molecule has 0 atom stereocenters. The summed E-state index contributed by atoms with van der Waals surface area (Å²) in [4.78, 5) is 17.1. The summed E-state index contributed by atoms with van der Waals surface area (Å²) in [6.07, 6.45) is 1.66. The van der Waals surface area contributed by atoms with Gasteiger partial charge in [0, 0.05) is 32.4 Å². The molecule has 0 aliphatic carbocycles. The zero-order valence-corrected chi connectivity index (χ0v) is 15.5. The lowest BCUT2D eigenvalue weighted by atomic mass is 10.2. The predicted octanol–water partition coefficient (Wildman–Crippen LogP) is 1.50. The number of carbonyl (C=O) groups is 1. The van der Waals surface area contributed by atoms with E-state index in [1.54, 1.807) is 37.1 Å². The summed E-state index contributed by atoms with van der Waals surface area (Å²) in [6.45, 7) is 4.18. The first-order valence-electron chi connectivity index (χ1n) is 7.72. The predicted molar refractivity (Wildman–Crippen MR) is 92.3 cm³/mol. The number of amides is 1. The van der Waals surface area contributed by atoms with Gasteiger partial charge in [0.05, 0.1) is 5.56 Å². The van der Waals surface area contributed by atoms with Crippen LogP contribution in [0.15, 0.2) is 27.7 Å². The molecule has 0 saturated carbocycles. The molecule has 1 saturated heterocycles. The Morgan fingerprint density at radius 3 is 2.52 bits per heavy atom. The van der Waals surface area contributed by atoms with E-state index in [4.69, 9.17) is 16.7 Å². The van der Waals surface area contributed by atoms with Gasteiger partial charge in [-0.15, -0.1) is 0 Å². The largest absolute Gasteiger partial charge is 0.360 e. The Labute approximate surface area is 150 Å². The molecular weight excluding hydrogens is 364 g/mol. The lowest BCUT2D eigenvalue weighted by molar-refractivity contribution is 0.0696. The maximum atomic E-state index is 12.8. The Balaban J connectivity index is 1.75. The maximum Gasteiger partial charge on any atom is 0.256 e. The summed E-state index contributed by atoms with van der Waals surface area (Å²) in [5.41, 5.74) is 0.756. The van der Waals surface area contributed by atoms with E-state index in [0.29, 0.717) is 29.0 Å². The van der Waals surface area contributed by atoms with E-state index in [0.717, 1.165) is 0 Å². The molecule has 8 nitrogen and oxygen atoms in total. The Morgan fingerprint density at radius 1 is 1.28 bits per heavy atom. The van der Waals surface area contributed by atoms with Gasteiger partial charge in [-0.25, -0.2) is 8.42 Å². The third-order valence-corrected chi connectivity index (χ3v) is 6.62. The number of hydrogen-bond donors (Lipinski definition) is 1. The molecule has 0 unspecified atom stereocenters. The minimum atomic E-state index is -3.69. The molecule has 2 aromatic heterocycles. The summed E-state index contributed by atoms with van der Waals surface area (Å²) < 4.78 is 32.3. The van der Waals surface area contributed by atoms with Crippen molar-refractivity contribution in [2.24, 2.45) is 0 Å². The van der Waals surface area contributed by atoms with Crippen LogP contribution in [0.2, 0.25) is 0 Å². The van der Waals surface area contributed by atoms with Crippen molar-refractivity contribution in [3.8, 4) is 0 Å². The molecule has 0 bridgehead atoms. The first-order chi connectivity index (χ1) is 11.8. The third kappa shape index (κ3) is 3.24. The van der Waals surface area contributed by atoms with Crippen molar-refractivity contribution in [3.63, 3.8) is 0 Å². The van der Waals surface area contributed by atoms with Gasteiger partial charge in [0.2, 0.25) is 10.0 Å². The van der Waals surface area contributed by atoms with Crippen LogP contribution >= 0.6 is 12.2 Å². The second-order valence-corrected chi connectivity index (χ2v) is 8.05. The van der Waals surface area contributed by atoms with Crippen molar-refractivity contribution in [1.29, 1.82) is 0 Å². The van der Waals surface area contributed by atoms with Crippen LogP contribution in [0.3, 0.4) is 0 Å². The Hall–Kier alpha value is -2.04. The fourth-order valence-corrected chi connectivity index (χ4v) is 4.80. The summed E-state index contributed by atoms with van der Waals surface area (Å²) in [5.74, 6) is 0.0721. The number of nitrogens with one attached hydrogen (secondary N) is 1. The van der Waals surface area contributed by atoms with E-state index < -0.39 is 10.0 Å². The van der Waals surface area contributed by atoms with Crippen LogP contribution in [-0.2, 0) is 10.0 Å². The maximum absolute atomic E-state index is 12.8. The van der Waals surface area contributed by atoms with E-state index in [1.807, 2.05) is 0 Å². The monoisotopic (exact) mass is 382 g/mol. The Bertz CT molecular complexity index is 936. The number of aromatic amines is 1. The van der Waals surface area contributed by atoms with Gasteiger partial charge < -0.3 is 14.4 Å². The van der Waals surface area contributed by atoms with Crippen LogP contribution < -0.4 is 0 Å². The van der Waals surface area contributed by atoms with E-state index in [-0.39, 0.29) is 29.7 Å². The molecule has 0 aromatic carbocycles. The number of pyridine rings is 1. The molecule has 0 spiro atoms. The second kappa shape index (κ2) is 6.70. The first kappa shape index (κ1) is 17.8. The zero-order valence-electron chi connectivity index (χ0n) is 13.9. The van der Waals surface area contributed by atoms with Crippen molar-refractivity contribution in [2.75, 3.05) is 26.2 Å². The van der Waals surface area contributed by atoms with E-state index >= 15 is 0 Å². The van der Waals surface area contributed by atoms with E-state index in [9.17, 15) is 13.2 Å². The molecule has 3 rings (SSSR count). The topological polar surface area (TPSA) is 99.5 Å². The SMILES string of the molecule is Cc1noc(C)c1S(=O)(=O)N1CCN(C(=O)c2ccc[nH]c2=S)CC1. The number of carbonyl (C=O) groups excluding carboxylic acids is 1. The average molecular weight is 382 g/mol. The fourth-order valence-electron chi connectivity index (χ4n) is 2.86. The molecule has 3 heterocycles.